The molecular weight excluding hydrogens is 452 g/mol. The van der Waals surface area contributed by atoms with Gasteiger partial charge in [0.25, 0.3) is 5.91 Å². The van der Waals surface area contributed by atoms with Gasteiger partial charge >= 0.3 is 5.97 Å². The highest BCUT2D eigenvalue weighted by atomic mass is 32.2. The van der Waals surface area contributed by atoms with E-state index in [-0.39, 0.29) is 34.4 Å². The Labute approximate surface area is 182 Å². The predicted molar refractivity (Wildman–Crippen MR) is 111 cm³/mol. The molecule has 1 fully saturated rings. The summed E-state index contributed by atoms with van der Waals surface area (Å²) in [6, 6.07) is 4.51. The van der Waals surface area contributed by atoms with Crippen molar-refractivity contribution in [3.05, 3.63) is 29.3 Å². The van der Waals surface area contributed by atoms with Crippen LogP contribution >= 0.6 is 23.1 Å². The Morgan fingerprint density at radius 2 is 2.03 bits per heavy atom. The third kappa shape index (κ3) is 5.35. The summed E-state index contributed by atoms with van der Waals surface area (Å²) in [6.07, 6.45) is 0. The third-order valence-corrected chi connectivity index (χ3v) is 8.19. The van der Waals surface area contributed by atoms with Gasteiger partial charge in [0, 0.05) is 18.7 Å². The van der Waals surface area contributed by atoms with Crippen LogP contribution in [0.1, 0.15) is 15.9 Å². The maximum Gasteiger partial charge on any atom is 0.316 e. The normalized spacial score (nSPS) is 15.0. The van der Waals surface area contributed by atoms with Crippen LogP contribution in [-0.2, 0) is 24.3 Å². The minimum absolute atomic E-state index is 0.0831. The van der Waals surface area contributed by atoms with Crippen LogP contribution in [0.15, 0.2) is 27.4 Å². The van der Waals surface area contributed by atoms with Crippen LogP contribution in [0.3, 0.4) is 0 Å². The number of benzene rings is 1. The highest BCUT2D eigenvalue weighted by Gasteiger charge is 2.28. The molecule has 1 aliphatic heterocycles. The zero-order chi connectivity index (χ0) is 21.7. The predicted octanol–water partition coefficient (Wildman–Crippen LogP) is 1.38. The number of nitrogens with zero attached hydrogens (tertiary/aromatic N) is 3. The van der Waals surface area contributed by atoms with Crippen LogP contribution in [-0.4, -0.2) is 74.0 Å². The molecule has 13 heteroatoms. The van der Waals surface area contributed by atoms with Gasteiger partial charge in [-0.1, -0.05) is 29.2 Å². The molecule has 1 aliphatic rings. The topological polar surface area (TPSA) is 128 Å². The Balaban J connectivity index is 1.73. The Hall–Kier alpha value is -2.06. The first kappa shape index (κ1) is 22.6. The second-order valence-electron chi connectivity index (χ2n) is 6.19. The average Bonchev–Trinajstić information content (AvgIpc) is 3.20. The van der Waals surface area contributed by atoms with E-state index in [1.54, 1.807) is 19.1 Å². The number of carbonyl (C=O) groups is 2. The van der Waals surface area contributed by atoms with Crippen molar-refractivity contribution in [2.45, 2.75) is 16.2 Å². The van der Waals surface area contributed by atoms with Crippen LogP contribution < -0.4 is 5.32 Å². The number of thioether (sulfide) groups is 1. The largest absolute Gasteiger partial charge is 0.468 e. The maximum atomic E-state index is 13.0. The van der Waals surface area contributed by atoms with E-state index in [0.717, 1.165) is 23.1 Å². The monoisotopic (exact) mass is 472 g/mol. The zero-order valence-corrected chi connectivity index (χ0v) is 18.7. The summed E-state index contributed by atoms with van der Waals surface area (Å²) in [4.78, 5) is 23.9. The molecule has 2 heterocycles. The molecule has 0 saturated carbocycles. The Bertz CT molecular complexity index is 1030. The number of carbonyl (C=O) groups excluding carboxylic acids is 2. The molecule has 3 rings (SSSR count). The number of aryl methyl sites for hydroxylation is 1. The molecule has 0 atom stereocenters. The lowest BCUT2D eigenvalue weighted by molar-refractivity contribution is -0.137. The van der Waals surface area contributed by atoms with Crippen molar-refractivity contribution in [1.29, 1.82) is 0 Å². The Morgan fingerprint density at radius 1 is 1.30 bits per heavy atom. The van der Waals surface area contributed by atoms with E-state index in [2.05, 4.69) is 20.3 Å². The summed E-state index contributed by atoms with van der Waals surface area (Å²) >= 11 is 2.25. The summed E-state index contributed by atoms with van der Waals surface area (Å²) in [5, 5.41) is 10.6. The van der Waals surface area contributed by atoms with Gasteiger partial charge in [-0.05, 0) is 24.6 Å². The summed E-state index contributed by atoms with van der Waals surface area (Å²) in [7, 11) is -2.44. The van der Waals surface area contributed by atoms with Gasteiger partial charge in [0.2, 0.25) is 15.2 Å². The first-order valence-corrected chi connectivity index (χ1v) is 12.1. The summed E-state index contributed by atoms with van der Waals surface area (Å²) < 4.78 is 37.6. The quantitative estimate of drug-likeness (QED) is 0.361. The number of anilines is 1. The van der Waals surface area contributed by atoms with Crippen molar-refractivity contribution in [3.63, 3.8) is 0 Å². The van der Waals surface area contributed by atoms with Gasteiger partial charge in [-0.2, -0.15) is 4.31 Å². The van der Waals surface area contributed by atoms with E-state index in [0.29, 0.717) is 23.1 Å². The summed E-state index contributed by atoms with van der Waals surface area (Å²) in [6.45, 7) is 2.91. The fourth-order valence-corrected chi connectivity index (χ4v) is 5.85. The van der Waals surface area contributed by atoms with Crippen molar-refractivity contribution in [2.75, 3.05) is 44.5 Å². The minimum atomic E-state index is -3.73. The molecule has 1 aromatic heterocycles. The smallest absolute Gasteiger partial charge is 0.316 e. The fraction of sp³-hybridized carbons (Fsp3) is 0.412. The van der Waals surface area contributed by atoms with Gasteiger partial charge in [-0.15, -0.1) is 10.2 Å². The molecule has 1 aromatic carbocycles. The SMILES string of the molecule is COC(=O)CSc1nnc(NC(=O)c2ccc(C)c(S(=O)(=O)N3CCOCC3)c2)s1. The average molecular weight is 473 g/mol. The van der Waals surface area contributed by atoms with E-state index in [9.17, 15) is 18.0 Å². The van der Waals surface area contributed by atoms with E-state index in [1.165, 1.54) is 17.5 Å². The van der Waals surface area contributed by atoms with Gasteiger partial charge in [0.1, 0.15) is 0 Å². The van der Waals surface area contributed by atoms with Crippen molar-refractivity contribution in [2.24, 2.45) is 0 Å². The maximum absolute atomic E-state index is 13.0. The number of nitrogens with one attached hydrogen (secondary N) is 1. The van der Waals surface area contributed by atoms with Crippen molar-refractivity contribution >= 4 is 50.1 Å². The molecule has 1 saturated heterocycles. The number of hydrogen-bond donors (Lipinski definition) is 1. The van der Waals surface area contributed by atoms with Crippen molar-refractivity contribution in [1.82, 2.24) is 14.5 Å². The Kier molecular flexibility index (Phi) is 7.41. The van der Waals surface area contributed by atoms with Gasteiger partial charge in [0.15, 0.2) is 4.34 Å². The number of rotatable bonds is 7. The van der Waals surface area contributed by atoms with E-state index in [1.807, 2.05) is 0 Å². The van der Waals surface area contributed by atoms with Crippen LogP contribution in [0.25, 0.3) is 0 Å². The molecule has 0 spiro atoms. The molecule has 1 amide bonds. The van der Waals surface area contributed by atoms with Crippen LogP contribution in [0, 0.1) is 6.92 Å². The van der Waals surface area contributed by atoms with Gasteiger partial charge in [0.05, 0.1) is 31.0 Å². The molecule has 0 bridgehead atoms. The number of morpholine rings is 1. The van der Waals surface area contributed by atoms with Gasteiger partial charge in [-0.25, -0.2) is 8.42 Å². The van der Waals surface area contributed by atoms with Crippen molar-refractivity contribution < 1.29 is 27.5 Å². The number of ether oxygens (including phenoxy) is 2. The second-order valence-corrected chi connectivity index (χ2v) is 10.3. The molecule has 0 aliphatic carbocycles. The van der Waals surface area contributed by atoms with Crippen LogP contribution in [0.5, 0.6) is 0 Å². The first-order chi connectivity index (χ1) is 14.3. The lowest BCUT2D eigenvalue weighted by Crippen LogP contribution is -2.40. The molecule has 2 aromatic rings. The molecule has 162 valence electrons. The van der Waals surface area contributed by atoms with Crippen LogP contribution in [0.2, 0.25) is 0 Å². The molecule has 0 unspecified atom stereocenters. The first-order valence-electron chi connectivity index (χ1n) is 8.84. The van der Waals surface area contributed by atoms with E-state index < -0.39 is 21.9 Å². The summed E-state index contributed by atoms with van der Waals surface area (Å²) in [5.74, 6) is -0.816. The number of aromatic nitrogens is 2. The highest BCUT2D eigenvalue weighted by Crippen LogP contribution is 2.27. The third-order valence-electron chi connectivity index (χ3n) is 4.21. The van der Waals surface area contributed by atoms with Gasteiger partial charge < -0.3 is 9.47 Å². The highest BCUT2D eigenvalue weighted by molar-refractivity contribution is 8.01. The second kappa shape index (κ2) is 9.83. The minimum Gasteiger partial charge on any atom is -0.468 e. The number of hydrogen-bond acceptors (Lipinski definition) is 10. The molecule has 1 N–H and O–H groups in total. The standard InChI is InChI=1S/C17H20N4O6S3/c1-11-3-4-12(9-13(11)30(24,25)21-5-7-27-8-6-21)15(23)18-16-19-20-17(29-16)28-10-14(22)26-2/h3-4,9H,5-8,10H2,1-2H3,(H,18,19,23). The number of methoxy groups -OCH3 is 1. The van der Waals surface area contributed by atoms with Crippen molar-refractivity contribution in [3.8, 4) is 0 Å². The fourth-order valence-electron chi connectivity index (χ4n) is 2.61. The molecular formula is C17H20N4O6S3. The summed E-state index contributed by atoms with van der Waals surface area (Å²) in [5.41, 5.74) is 0.738. The Morgan fingerprint density at radius 3 is 2.73 bits per heavy atom. The lowest BCUT2D eigenvalue weighted by Gasteiger charge is -2.26. The number of esters is 1. The number of amides is 1. The van der Waals surface area contributed by atoms with E-state index in [4.69, 9.17) is 4.74 Å². The molecule has 0 radical (unpaired) electrons. The zero-order valence-electron chi connectivity index (χ0n) is 16.3. The lowest BCUT2D eigenvalue weighted by atomic mass is 10.1. The van der Waals surface area contributed by atoms with Crippen LogP contribution in [0.4, 0.5) is 5.13 Å². The molecule has 30 heavy (non-hydrogen) atoms. The molecule has 10 nitrogen and oxygen atoms in total. The van der Waals surface area contributed by atoms with E-state index >= 15 is 0 Å². The van der Waals surface area contributed by atoms with Gasteiger partial charge in [-0.3, -0.25) is 14.9 Å². The number of sulfonamides is 1.